The number of carbonyl (C=O) groups is 1. The van der Waals surface area contributed by atoms with E-state index in [1.807, 2.05) is 12.1 Å². The molecule has 0 bridgehead atoms. The molecule has 0 saturated heterocycles. The first-order chi connectivity index (χ1) is 13.3. The highest BCUT2D eigenvalue weighted by Crippen LogP contribution is 2.34. The van der Waals surface area contributed by atoms with E-state index in [0.717, 1.165) is 21.8 Å². The lowest BCUT2D eigenvalue weighted by Crippen LogP contribution is -2.12. The van der Waals surface area contributed by atoms with Crippen molar-refractivity contribution in [1.82, 2.24) is 0 Å². The fraction of sp³-hybridized carbons (Fsp3) is 0.105. The molecule has 146 valence electrons. The Bertz CT molecular complexity index is 1100. The molecule has 2 aromatic carbocycles. The average molecular weight is 419 g/mol. The van der Waals surface area contributed by atoms with Gasteiger partial charge in [0.25, 0.3) is 10.0 Å². The molecule has 2 N–H and O–H groups in total. The molecule has 0 fully saturated rings. The van der Waals surface area contributed by atoms with Gasteiger partial charge in [-0.1, -0.05) is 0 Å². The van der Waals surface area contributed by atoms with Crippen LogP contribution in [0.5, 0.6) is 11.5 Å². The Labute approximate surface area is 166 Å². The largest absolute Gasteiger partial charge is 0.497 e. The van der Waals surface area contributed by atoms with Gasteiger partial charge < -0.3 is 14.6 Å². The maximum Gasteiger partial charge on any atom is 0.335 e. The van der Waals surface area contributed by atoms with Crippen molar-refractivity contribution in [2.45, 2.75) is 4.21 Å². The Morgan fingerprint density at radius 1 is 1.00 bits per heavy atom. The van der Waals surface area contributed by atoms with Crippen LogP contribution >= 0.6 is 11.3 Å². The third-order valence-electron chi connectivity index (χ3n) is 3.91. The van der Waals surface area contributed by atoms with Crippen LogP contribution in [0.1, 0.15) is 10.4 Å². The minimum atomic E-state index is -3.86. The third kappa shape index (κ3) is 4.10. The van der Waals surface area contributed by atoms with Crippen molar-refractivity contribution in [2.75, 3.05) is 18.9 Å². The minimum Gasteiger partial charge on any atom is -0.497 e. The van der Waals surface area contributed by atoms with E-state index in [1.54, 1.807) is 25.3 Å². The molecule has 0 saturated carbocycles. The van der Waals surface area contributed by atoms with Gasteiger partial charge in [-0.15, -0.1) is 11.3 Å². The first-order valence-electron chi connectivity index (χ1n) is 8.02. The highest BCUT2D eigenvalue weighted by molar-refractivity contribution is 7.94. The number of aromatic carboxylic acids is 1. The van der Waals surface area contributed by atoms with E-state index in [-0.39, 0.29) is 21.2 Å². The third-order valence-corrected chi connectivity index (χ3v) is 6.91. The second-order valence-electron chi connectivity index (χ2n) is 5.67. The molecular formula is C19H17NO6S2. The first kappa shape index (κ1) is 19.7. The highest BCUT2D eigenvalue weighted by Gasteiger charge is 2.20. The SMILES string of the molecule is COc1ccc(-c2ccc(S(=O)(=O)Nc3ccc(C(=O)O)cc3OC)s2)cc1. The Morgan fingerprint density at radius 2 is 1.71 bits per heavy atom. The van der Waals surface area contributed by atoms with Crippen molar-refractivity contribution in [3.8, 4) is 21.9 Å². The molecule has 28 heavy (non-hydrogen) atoms. The fourth-order valence-electron chi connectivity index (χ4n) is 2.48. The second kappa shape index (κ2) is 7.91. The van der Waals surface area contributed by atoms with Crippen LogP contribution in [0.25, 0.3) is 10.4 Å². The molecule has 1 heterocycles. The number of hydrogen-bond acceptors (Lipinski definition) is 6. The first-order valence-corrected chi connectivity index (χ1v) is 10.3. The molecule has 0 aliphatic carbocycles. The molecule has 0 aliphatic rings. The summed E-state index contributed by atoms with van der Waals surface area (Å²) < 4.78 is 38.3. The molecular weight excluding hydrogens is 402 g/mol. The van der Waals surface area contributed by atoms with Gasteiger partial charge in [0.1, 0.15) is 15.7 Å². The van der Waals surface area contributed by atoms with Crippen molar-refractivity contribution >= 4 is 33.0 Å². The molecule has 7 nitrogen and oxygen atoms in total. The van der Waals surface area contributed by atoms with Gasteiger partial charge in [-0.25, -0.2) is 13.2 Å². The summed E-state index contributed by atoms with van der Waals surface area (Å²) in [5, 5.41) is 9.05. The molecule has 1 aromatic heterocycles. The van der Waals surface area contributed by atoms with Gasteiger partial charge in [0, 0.05) is 4.88 Å². The molecule has 0 aliphatic heterocycles. The number of carboxylic acids is 1. The van der Waals surface area contributed by atoms with Crippen LogP contribution < -0.4 is 14.2 Å². The lowest BCUT2D eigenvalue weighted by atomic mass is 10.2. The van der Waals surface area contributed by atoms with Crippen molar-refractivity contribution in [2.24, 2.45) is 0 Å². The van der Waals surface area contributed by atoms with E-state index in [2.05, 4.69) is 4.72 Å². The van der Waals surface area contributed by atoms with Gasteiger partial charge in [-0.05, 0) is 60.2 Å². The summed E-state index contributed by atoms with van der Waals surface area (Å²) in [5.74, 6) is -0.294. The highest BCUT2D eigenvalue weighted by atomic mass is 32.2. The number of sulfonamides is 1. The quantitative estimate of drug-likeness (QED) is 0.602. The molecule has 0 radical (unpaired) electrons. The van der Waals surface area contributed by atoms with Crippen LogP contribution in [0.3, 0.4) is 0 Å². The number of ether oxygens (including phenoxy) is 2. The van der Waals surface area contributed by atoms with Crippen LogP contribution in [0.4, 0.5) is 5.69 Å². The summed E-state index contributed by atoms with van der Waals surface area (Å²) in [6.07, 6.45) is 0. The number of carboxylic acid groups (broad SMARTS) is 1. The normalized spacial score (nSPS) is 11.1. The molecule has 9 heteroatoms. The predicted molar refractivity (Wildman–Crippen MR) is 107 cm³/mol. The summed E-state index contributed by atoms with van der Waals surface area (Å²) in [6, 6.07) is 14.5. The number of hydrogen-bond donors (Lipinski definition) is 2. The molecule has 3 aromatic rings. The van der Waals surface area contributed by atoms with Crippen LogP contribution in [-0.4, -0.2) is 33.7 Å². The van der Waals surface area contributed by atoms with Gasteiger partial charge in [-0.2, -0.15) is 0 Å². The Hall–Kier alpha value is -3.04. The Balaban J connectivity index is 1.87. The summed E-state index contributed by atoms with van der Waals surface area (Å²) in [5.41, 5.74) is 1.03. The monoisotopic (exact) mass is 419 g/mol. The number of thiophene rings is 1. The maximum atomic E-state index is 12.7. The summed E-state index contributed by atoms with van der Waals surface area (Å²) in [4.78, 5) is 11.9. The van der Waals surface area contributed by atoms with E-state index < -0.39 is 16.0 Å². The fourth-order valence-corrected chi connectivity index (χ4v) is 4.86. The predicted octanol–water partition coefficient (Wildman–Crippen LogP) is 3.93. The Kier molecular flexibility index (Phi) is 5.57. The molecule has 0 spiro atoms. The van der Waals surface area contributed by atoms with Crippen molar-refractivity contribution < 1.29 is 27.8 Å². The minimum absolute atomic E-state index is 0.00212. The summed E-state index contributed by atoms with van der Waals surface area (Å²) >= 11 is 1.12. The summed E-state index contributed by atoms with van der Waals surface area (Å²) in [7, 11) is -0.946. The molecule has 0 amide bonds. The lowest BCUT2D eigenvalue weighted by Gasteiger charge is -2.11. The zero-order chi connectivity index (χ0) is 20.3. The molecule has 0 unspecified atom stereocenters. The van der Waals surface area contributed by atoms with E-state index in [9.17, 15) is 13.2 Å². The van der Waals surface area contributed by atoms with Gasteiger partial charge in [0.2, 0.25) is 0 Å². The number of anilines is 1. The smallest absolute Gasteiger partial charge is 0.335 e. The maximum absolute atomic E-state index is 12.7. The van der Waals surface area contributed by atoms with Gasteiger partial charge in [0.15, 0.2) is 0 Å². The van der Waals surface area contributed by atoms with Crippen LogP contribution in [-0.2, 0) is 10.0 Å². The van der Waals surface area contributed by atoms with Crippen molar-refractivity contribution in [3.05, 3.63) is 60.2 Å². The average Bonchev–Trinajstić information content (AvgIpc) is 3.19. The standard InChI is InChI=1S/C19H17NO6S2/c1-25-14-6-3-12(4-7-14)17-9-10-18(27-17)28(23,24)20-15-8-5-13(19(21)22)11-16(15)26-2/h3-11,20H,1-2H3,(H,21,22). The van der Waals surface area contributed by atoms with E-state index in [0.29, 0.717) is 5.75 Å². The van der Waals surface area contributed by atoms with Gasteiger partial charge in [-0.3, -0.25) is 4.72 Å². The lowest BCUT2D eigenvalue weighted by molar-refractivity contribution is 0.0696. The van der Waals surface area contributed by atoms with Crippen LogP contribution in [0.2, 0.25) is 0 Å². The Morgan fingerprint density at radius 3 is 2.32 bits per heavy atom. The van der Waals surface area contributed by atoms with Crippen LogP contribution in [0.15, 0.2) is 58.8 Å². The number of rotatable bonds is 7. The van der Waals surface area contributed by atoms with Crippen molar-refractivity contribution in [3.63, 3.8) is 0 Å². The van der Waals surface area contributed by atoms with E-state index in [1.165, 1.54) is 31.4 Å². The molecule has 3 rings (SSSR count). The van der Waals surface area contributed by atoms with Crippen molar-refractivity contribution in [1.29, 1.82) is 0 Å². The van der Waals surface area contributed by atoms with E-state index >= 15 is 0 Å². The van der Waals surface area contributed by atoms with E-state index in [4.69, 9.17) is 14.6 Å². The van der Waals surface area contributed by atoms with Gasteiger partial charge >= 0.3 is 5.97 Å². The molecule has 0 atom stereocenters. The summed E-state index contributed by atoms with van der Waals surface area (Å²) in [6.45, 7) is 0. The topological polar surface area (TPSA) is 102 Å². The number of benzene rings is 2. The number of methoxy groups -OCH3 is 2. The second-order valence-corrected chi connectivity index (χ2v) is 8.67. The zero-order valence-electron chi connectivity index (χ0n) is 15.0. The zero-order valence-corrected chi connectivity index (χ0v) is 16.6. The van der Waals surface area contributed by atoms with Gasteiger partial charge in [0.05, 0.1) is 25.5 Å². The van der Waals surface area contributed by atoms with Crippen LogP contribution in [0, 0.1) is 0 Å². The number of nitrogens with one attached hydrogen (secondary N) is 1.